The summed E-state index contributed by atoms with van der Waals surface area (Å²) in [6.07, 6.45) is -1.67. The zero-order chi connectivity index (χ0) is 21.0. The molecule has 2 atom stereocenters. The minimum Gasteiger partial charge on any atom is -0.356 e. The van der Waals surface area contributed by atoms with Gasteiger partial charge in [-0.25, -0.2) is 4.98 Å². The van der Waals surface area contributed by atoms with Gasteiger partial charge in [0.15, 0.2) is 10.8 Å². The van der Waals surface area contributed by atoms with Gasteiger partial charge in [0.2, 0.25) is 5.95 Å². The number of nitrogens with one attached hydrogen (secondary N) is 2. The van der Waals surface area contributed by atoms with Crippen molar-refractivity contribution in [3.05, 3.63) is 47.7 Å². The van der Waals surface area contributed by atoms with Gasteiger partial charge in [0, 0.05) is 18.7 Å². The molecule has 9 heteroatoms. The Hall–Kier alpha value is -2.42. The van der Waals surface area contributed by atoms with Crippen LogP contribution in [-0.4, -0.2) is 27.7 Å². The van der Waals surface area contributed by atoms with Gasteiger partial charge < -0.3 is 15.5 Å². The molecule has 29 heavy (non-hydrogen) atoms. The van der Waals surface area contributed by atoms with Crippen molar-refractivity contribution in [3.8, 4) is 0 Å². The van der Waals surface area contributed by atoms with Gasteiger partial charge in [0.1, 0.15) is 5.82 Å². The number of thiocarbonyl (C=S) groups is 1. The van der Waals surface area contributed by atoms with Crippen molar-refractivity contribution >= 4 is 29.1 Å². The number of aromatic nitrogens is 2. The summed E-state index contributed by atoms with van der Waals surface area (Å²) in [4.78, 5) is 9.86. The monoisotopic (exact) mass is 423 g/mol. The summed E-state index contributed by atoms with van der Waals surface area (Å²) in [6.45, 7) is 4.58. The van der Waals surface area contributed by atoms with Crippen molar-refractivity contribution in [2.24, 2.45) is 0 Å². The van der Waals surface area contributed by atoms with E-state index in [1.54, 1.807) is 0 Å². The van der Waals surface area contributed by atoms with Crippen LogP contribution < -0.4 is 15.5 Å². The van der Waals surface area contributed by atoms with Gasteiger partial charge in [-0.2, -0.15) is 18.2 Å². The van der Waals surface area contributed by atoms with Gasteiger partial charge in [-0.3, -0.25) is 0 Å². The van der Waals surface area contributed by atoms with Crippen LogP contribution in [0.25, 0.3) is 0 Å². The van der Waals surface area contributed by atoms with Crippen LogP contribution in [0.15, 0.2) is 36.4 Å². The van der Waals surface area contributed by atoms with Crippen LogP contribution in [0.5, 0.6) is 0 Å². The lowest BCUT2D eigenvalue weighted by molar-refractivity contribution is -0.141. The summed E-state index contributed by atoms with van der Waals surface area (Å²) in [5.41, 5.74) is 0.0196. The summed E-state index contributed by atoms with van der Waals surface area (Å²) in [5, 5.41) is 5.94. The number of anilines is 2. The number of alkyl halides is 3. The van der Waals surface area contributed by atoms with Crippen molar-refractivity contribution < 1.29 is 13.2 Å². The van der Waals surface area contributed by atoms with E-state index in [1.807, 2.05) is 49.1 Å². The van der Waals surface area contributed by atoms with Gasteiger partial charge in [-0.1, -0.05) is 30.3 Å². The Morgan fingerprint density at radius 2 is 1.93 bits per heavy atom. The van der Waals surface area contributed by atoms with Gasteiger partial charge in [0.05, 0.1) is 6.04 Å². The van der Waals surface area contributed by atoms with Gasteiger partial charge in [-0.05, 0) is 50.9 Å². The molecule has 2 unspecified atom stereocenters. The van der Waals surface area contributed by atoms with Crippen molar-refractivity contribution in [3.63, 3.8) is 0 Å². The Morgan fingerprint density at radius 3 is 2.59 bits per heavy atom. The Bertz CT molecular complexity index is 844. The second kappa shape index (κ2) is 8.94. The maximum absolute atomic E-state index is 13.4. The summed E-state index contributed by atoms with van der Waals surface area (Å²) >= 11 is 5.27. The lowest BCUT2D eigenvalue weighted by Gasteiger charge is -2.34. The second-order valence-corrected chi connectivity index (χ2v) is 7.61. The molecule has 2 heterocycles. The third-order valence-electron chi connectivity index (χ3n) is 4.97. The molecule has 0 radical (unpaired) electrons. The maximum atomic E-state index is 13.4. The van der Waals surface area contributed by atoms with E-state index in [0.717, 1.165) is 30.9 Å². The third-order valence-corrected chi connectivity index (χ3v) is 5.19. The molecule has 0 saturated carbocycles. The molecule has 1 fully saturated rings. The second-order valence-electron chi connectivity index (χ2n) is 7.20. The number of halogens is 3. The minimum absolute atomic E-state index is 0.121. The number of benzene rings is 1. The molecule has 0 bridgehead atoms. The Labute approximate surface area is 173 Å². The molecule has 1 aromatic carbocycles. The summed E-state index contributed by atoms with van der Waals surface area (Å²) in [5.74, 6) is 0.103. The Kier molecular flexibility index (Phi) is 6.56. The smallest absolute Gasteiger partial charge is 0.356 e. The molecule has 2 aromatic rings. The molecule has 1 saturated heterocycles. The molecule has 156 valence electrons. The van der Waals surface area contributed by atoms with E-state index >= 15 is 0 Å². The topological polar surface area (TPSA) is 53.1 Å². The van der Waals surface area contributed by atoms with Crippen molar-refractivity contribution in [2.45, 2.75) is 51.4 Å². The number of hydrogen-bond acceptors (Lipinski definition) is 4. The summed E-state index contributed by atoms with van der Waals surface area (Å²) in [6, 6.07) is 10.6. The molecule has 0 aliphatic carbocycles. The first-order valence-corrected chi connectivity index (χ1v) is 10.0. The van der Waals surface area contributed by atoms with Crippen LogP contribution in [0.1, 0.15) is 50.4 Å². The number of piperidine rings is 1. The average Bonchev–Trinajstić information content (AvgIpc) is 2.68. The highest BCUT2D eigenvalue weighted by Crippen LogP contribution is 2.32. The average molecular weight is 424 g/mol. The van der Waals surface area contributed by atoms with Crippen molar-refractivity contribution in [1.29, 1.82) is 0 Å². The van der Waals surface area contributed by atoms with E-state index in [-0.39, 0.29) is 29.0 Å². The van der Waals surface area contributed by atoms with Crippen LogP contribution >= 0.6 is 12.2 Å². The standard InChI is InChI=1S/C20H24F3N5S/c1-13-8-6-7-11-28(13)17-12-16(20(21,22)23)25-18(26-17)27-19(29)24-14(2)15-9-4-3-5-10-15/h3-5,9-10,12-14H,6-8,11H2,1-2H3,(H2,24,25,26,27,29). The zero-order valence-electron chi connectivity index (χ0n) is 16.3. The Morgan fingerprint density at radius 1 is 1.21 bits per heavy atom. The first kappa shape index (κ1) is 21.3. The lowest BCUT2D eigenvalue weighted by atomic mass is 10.0. The molecular weight excluding hydrogens is 399 g/mol. The zero-order valence-corrected chi connectivity index (χ0v) is 17.1. The van der Waals surface area contributed by atoms with Crippen molar-refractivity contribution in [2.75, 3.05) is 16.8 Å². The molecule has 3 rings (SSSR count). The largest absolute Gasteiger partial charge is 0.433 e. The van der Waals surface area contributed by atoms with Crippen LogP contribution in [-0.2, 0) is 6.18 Å². The predicted octanol–water partition coefficient (Wildman–Crippen LogP) is 4.92. The highest BCUT2D eigenvalue weighted by molar-refractivity contribution is 7.80. The Balaban J connectivity index is 1.80. The molecule has 2 N–H and O–H groups in total. The van der Waals surface area contributed by atoms with Gasteiger partial charge in [0.25, 0.3) is 0 Å². The molecule has 0 spiro atoms. The minimum atomic E-state index is -4.57. The molecule has 1 aliphatic heterocycles. The van der Waals surface area contributed by atoms with Crippen LogP contribution in [0.2, 0.25) is 0 Å². The maximum Gasteiger partial charge on any atom is 0.433 e. The molecule has 0 amide bonds. The molecule has 1 aliphatic rings. The fraction of sp³-hybridized carbons (Fsp3) is 0.450. The van der Waals surface area contributed by atoms with E-state index in [9.17, 15) is 13.2 Å². The highest BCUT2D eigenvalue weighted by atomic mass is 32.1. The number of nitrogens with zero attached hydrogens (tertiary/aromatic N) is 3. The van der Waals surface area contributed by atoms with Crippen LogP contribution in [0.3, 0.4) is 0 Å². The fourth-order valence-corrected chi connectivity index (χ4v) is 3.65. The third kappa shape index (κ3) is 5.56. The normalized spacial score (nSPS) is 18.2. The van der Waals surface area contributed by atoms with E-state index in [0.29, 0.717) is 6.54 Å². The molecular formula is C20H24F3N5S. The fourth-order valence-electron chi connectivity index (χ4n) is 3.38. The quantitative estimate of drug-likeness (QED) is 0.681. The first-order valence-electron chi connectivity index (χ1n) is 9.59. The van der Waals surface area contributed by atoms with Gasteiger partial charge >= 0.3 is 6.18 Å². The number of hydrogen-bond donors (Lipinski definition) is 2. The van der Waals surface area contributed by atoms with E-state index in [2.05, 4.69) is 20.6 Å². The van der Waals surface area contributed by atoms with Crippen LogP contribution in [0, 0.1) is 0 Å². The SMILES string of the molecule is CC(NC(=S)Nc1nc(N2CCCCC2C)cc(C(F)(F)F)n1)c1ccccc1. The molecule has 5 nitrogen and oxygen atoms in total. The summed E-state index contributed by atoms with van der Waals surface area (Å²) < 4.78 is 40.2. The molecule has 1 aromatic heterocycles. The predicted molar refractivity (Wildman–Crippen MR) is 112 cm³/mol. The van der Waals surface area contributed by atoms with E-state index < -0.39 is 11.9 Å². The lowest BCUT2D eigenvalue weighted by Crippen LogP contribution is -2.38. The number of rotatable bonds is 4. The van der Waals surface area contributed by atoms with Crippen molar-refractivity contribution in [1.82, 2.24) is 15.3 Å². The van der Waals surface area contributed by atoms with E-state index in [1.165, 1.54) is 0 Å². The van der Waals surface area contributed by atoms with E-state index in [4.69, 9.17) is 12.2 Å². The first-order chi connectivity index (χ1) is 13.7. The van der Waals surface area contributed by atoms with Gasteiger partial charge in [-0.15, -0.1) is 0 Å². The summed E-state index contributed by atoms with van der Waals surface area (Å²) in [7, 11) is 0. The highest BCUT2D eigenvalue weighted by Gasteiger charge is 2.35. The van der Waals surface area contributed by atoms with Crippen LogP contribution in [0.4, 0.5) is 24.9 Å².